The molecule has 5 rings (SSSR count). The maximum Gasteiger partial charge on any atom is 0.263 e. The van der Waals surface area contributed by atoms with Crippen molar-refractivity contribution in [2.24, 2.45) is 0 Å². The van der Waals surface area contributed by atoms with Gasteiger partial charge >= 0.3 is 0 Å². The Kier molecular flexibility index (Phi) is 5.98. The smallest absolute Gasteiger partial charge is 0.263 e. The lowest BCUT2D eigenvalue weighted by molar-refractivity contribution is -0.135. The lowest BCUT2D eigenvalue weighted by Crippen LogP contribution is -2.57. The molecule has 1 aliphatic carbocycles. The Hall–Kier alpha value is -3.47. The first-order valence-electron chi connectivity index (χ1n) is 11.2. The van der Waals surface area contributed by atoms with Crippen molar-refractivity contribution in [1.29, 1.82) is 0 Å². The number of phenols is 1. The molecular formula is C24H21ClF3N3O5. The minimum absolute atomic E-state index is 0.0625. The fourth-order valence-corrected chi connectivity index (χ4v) is 4.89. The Balaban J connectivity index is 1.60. The van der Waals surface area contributed by atoms with Crippen molar-refractivity contribution < 1.29 is 37.3 Å². The van der Waals surface area contributed by atoms with Crippen LogP contribution in [0.25, 0.3) is 11.3 Å². The molecule has 3 aliphatic rings. The third-order valence-corrected chi connectivity index (χ3v) is 6.84. The van der Waals surface area contributed by atoms with E-state index in [1.54, 1.807) is 0 Å². The van der Waals surface area contributed by atoms with E-state index in [-0.39, 0.29) is 65.6 Å². The van der Waals surface area contributed by atoms with Crippen LogP contribution >= 0.6 is 11.6 Å². The first kappa shape index (κ1) is 24.2. The molecule has 2 aliphatic heterocycles. The van der Waals surface area contributed by atoms with Gasteiger partial charge < -0.3 is 24.4 Å². The van der Waals surface area contributed by atoms with E-state index >= 15 is 0 Å². The number of fused-ring (bicyclic) bond motifs is 2. The van der Waals surface area contributed by atoms with Gasteiger partial charge in [0.2, 0.25) is 11.8 Å². The number of rotatable bonds is 4. The number of piperazine rings is 1. The number of alkyl halides is 2. The van der Waals surface area contributed by atoms with Crippen LogP contribution in [0.1, 0.15) is 23.2 Å². The quantitative estimate of drug-likeness (QED) is 0.615. The van der Waals surface area contributed by atoms with Crippen LogP contribution in [0.2, 0.25) is 5.02 Å². The lowest BCUT2D eigenvalue weighted by atomic mass is 9.91. The molecule has 8 nitrogen and oxygen atoms in total. The van der Waals surface area contributed by atoms with E-state index in [1.165, 1.54) is 28.0 Å². The summed E-state index contributed by atoms with van der Waals surface area (Å²) in [6.45, 7) is 4.00. The summed E-state index contributed by atoms with van der Waals surface area (Å²) >= 11 is 6.55. The first-order chi connectivity index (χ1) is 17.1. The third-order valence-electron chi connectivity index (χ3n) is 6.48. The van der Waals surface area contributed by atoms with Gasteiger partial charge in [0.05, 0.1) is 11.6 Å². The summed E-state index contributed by atoms with van der Waals surface area (Å²) in [7, 11) is 0. The molecular weight excluding hydrogens is 503 g/mol. The Morgan fingerprint density at radius 1 is 1.31 bits per heavy atom. The van der Waals surface area contributed by atoms with Gasteiger partial charge in [-0.1, -0.05) is 24.2 Å². The molecule has 3 heterocycles. The zero-order valence-electron chi connectivity index (χ0n) is 18.8. The van der Waals surface area contributed by atoms with Crippen LogP contribution in [0, 0.1) is 5.82 Å². The zero-order valence-corrected chi connectivity index (χ0v) is 19.6. The molecule has 36 heavy (non-hydrogen) atoms. The van der Waals surface area contributed by atoms with Crippen molar-refractivity contribution >= 4 is 23.4 Å². The van der Waals surface area contributed by atoms with Gasteiger partial charge in [-0.2, -0.15) is 0 Å². The van der Waals surface area contributed by atoms with Crippen molar-refractivity contribution in [2.75, 3.05) is 26.2 Å². The number of nitrogens with zero attached hydrogens (tertiary/aromatic N) is 3. The van der Waals surface area contributed by atoms with Gasteiger partial charge in [-0.15, -0.1) is 0 Å². The molecule has 2 aromatic rings. The van der Waals surface area contributed by atoms with E-state index in [1.807, 2.05) is 0 Å². The maximum atomic E-state index is 14.7. The highest BCUT2D eigenvalue weighted by atomic mass is 35.5. The molecule has 1 saturated heterocycles. The van der Waals surface area contributed by atoms with Crippen LogP contribution in [-0.2, 0) is 4.79 Å². The van der Waals surface area contributed by atoms with Gasteiger partial charge in [-0.05, 0) is 18.2 Å². The highest BCUT2D eigenvalue weighted by Crippen LogP contribution is 2.47. The monoisotopic (exact) mass is 523 g/mol. The van der Waals surface area contributed by atoms with Crippen LogP contribution in [0.15, 0.2) is 30.9 Å². The minimum Gasteiger partial charge on any atom is -0.507 e. The van der Waals surface area contributed by atoms with Crippen LogP contribution in [0.3, 0.4) is 0 Å². The van der Waals surface area contributed by atoms with E-state index in [9.17, 15) is 27.9 Å². The normalized spacial score (nSPS) is 21.0. The predicted octanol–water partition coefficient (Wildman–Crippen LogP) is 3.65. The fraction of sp³-hybridized carbons (Fsp3) is 0.375. The van der Waals surface area contributed by atoms with Crippen molar-refractivity contribution in [3.63, 3.8) is 0 Å². The first-order valence-corrected chi connectivity index (χ1v) is 11.6. The lowest BCUT2D eigenvalue weighted by Gasteiger charge is -2.39. The molecule has 1 saturated carbocycles. The number of ether oxygens (including phenoxy) is 2. The number of pyridine rings is 1. The summed E-state index contributed by atoms with van der Waals surface area (Å²) in [5.41, 5.74) is -0.793. The van der Waals surface area contributed by atoms with Gasteiger partial charge in [0, 0.05) is 32.5 Å². The van der Waals surface area contributed by atoms with E-state index in [0.29, 0.717) is 0 Å². The Morgan fingerprint density at radius 3 is 2.72 bits per heavy atom. The summed E-state index contributed by atoms with van der Waals surface area (Å²) in [4.78, 5) is 33.0. The average Bonchev–Trinajstić information content (AvgIpc) is 2.96. The number of amides is 2. The molecule has 0 radical (unpaired) electrons. The van der Waals surface area contributed by atoms with Gasteiger partial charge in [0.15, 0.2) is 5.75 Å². The largest absolute Gasteiger partial charge is 0.507 e. The van der Waals surface area contributed by atoms with Gasteiger partial charge in [0.1, 0.15) is 40.6 Å². The van der Waals surface area contributed by atoms with Crippen LogP contribution in [-0.4, -0.2) is 76.0 Å². The summed E-state index contributed by atoms with van der Waals surface area (Å²) in [6, 6.07) is 3.05. The number of carbonyl (C=O) groups excluding carboxylic acids is 2. The van der Waals surface area contributed by atoms with Crippen molar-refractivity contribution in [2.45, 2.75) is 30.9 Å². The predicted molar refractivity (Wildman–Crippen MR) is 122 cm³/mol. The Morgan fingerprint density at radius 2 is 2.06 bits per heavy atom. The summed E-state index contributed by atoms with van der Waals surface area (Å²) in [5.74, 6) is -5.59. The standard InChI is InChI=1S/C24H21ClF3N3O5/c1-2-16(33)30-6-7-31-12(10-30)11-35-21-18(23(31)34)22(36-13-8-24(27,28)9-13)29-20(19(21)25)17-14(26)4-3-5-15(17)32/h2-5,12-13,32H,1,6-11H2/t12-/m1/s1. The third kappa shape index (κ3) is 4.11. The van der Waals surface area contributed by atoms with Crippen LogP contribution in [0.4, 0.5) is 13.2 Å². The second-order valence-corrected chi connectivity index (χ2v) is 9.25. The second kappa shape index (κ2) is 8.88. The number of hydrogen-bond donors (Lipinski definition) is 1. The Labute approximate surface area is 208 Å². The number of benzene rings is 1. The summed E-state index contributed by atoms with van der Waals surface area (Å²) < 4.78 is 53.3. The molecule has 12 heteroatoms. The molecule has 1 aromatic heterocycles. The maximum absolute atomic E-state index is 14.7. The van der Waals surface area contributed by atoms with E-state index < -0.39 is 48.4 Å². The van der Waals surface area contributed by atoms with E-state index in [2.05, 4.69) is 11.6 Å². The van der Waals surface area contributed by atoms with Crippen molar-refractivity contribution in [3.05, 3.63) is 47.3 Å². The summed E-state index contributed by atoms with van der Waals surface area (Å²) in [6.07, 6.45) is -0.912. The Bertz CT molecular complexity index is 1250. The highest BCUT2D eigenvalue weighted by Gasteiger charge is 2.48. The molecule has 2 fully saturated rings. The molecule has 0 bridgehead atoms. The summed E-state index contributed by atoms with van der Waals surface area (Å²) in [5, 5.41) is 10.1. The second-order valence-electron chi connectivity index (χ2n) is 8.87. The molecule has 1 aromatic carbocycles. The van der Waals surface area contributed by atoms with Gasteiger partial charge in [-0.3, -0.25) is 9.59 Å². The molecule has 0 unspecified atom stereocenters. The number of aromatic nitrogens is 1. The average molecular weight is 524 g/mol. The SMILES string of the molecule is C=CC(=O)N1CCN2C(=O)c3c(OC4CC(F)(F)C4)nc(-c4c(O)cccc4F)c(Cl)c3OC[C@H]2C1. The molecule has 1 N–H and O–H groups in total. The van der Waals surface area contributed by atoms with Gasteiger partial charge in [-0.25, -0.2) is 18.2 Å². The number of hydrogen-bond acceptors (Lipinski definition) is 6. The van der Waals surface area contributed by atoms with E-state index in [4.69, 9.17) is 21.1 Å². The van der Waals surface area contributed by atoms with Crippen LogP contribution < -0.4 is 9.47 Å². The number of aromatic hydroxyl groups is 1. The number of phenolic OH excluding ortho intramolecular Hbond substituents is 1. The van der Waals surface area contributed by atoms with E-state index in [0.717, 1.165) is 6.07 Å². The minimum atomic E-state index is -2.90. The van der Waals surface area contributed by atoms with Gasteiger partial charge in [0.25, 0.3) is 11.8 Å². The number of carbonyl (C=O) groups is 2. The molecule has 1 atom stereocenters. The van der Waals surface area contributed by atoms with Crippen LogP contribution in [0.5, 0.6) is 17.4 Å². The molecule has 190 valence electrons. The highest BCUT2D eigenvalue weighted by molar-refractivity contribution is 6.35. The van der Waals surface area contributed by atoms with Crippen molar-refractivity contribution in [1.82, 2.24) is 14.8 Å². The zero-order chi connectivity index (χ0) is 25.8. The molecule has 2 amide bonds. The molecule has 0 spiro atoms. The number of halogens is 4. The van der Waals surface area contributed by atoms with Crippen molar-refractivity contribution in [3.8, 4) is 28.6 Å². The fourth-order valence-electron chi connectivity index (χ4n) is 4.61. The topological polar surface area (TPSA) is 92.2 Å².